The molecule has 0 N–H and O–H groups in total. The largest absolute Gasteiger partial charge is 0.473 e. The van der Waals surface area contributed by atoms with Crippen LogP contribution in [0, 0.1) is 17.6 Å². The van der Waals surface area contributed by atoms with Crippen LogP contribution >= 0.6 is 0 Å². The standard InChI is InChI=1S/C24H19F5N4O3/c25-16-5-12(6-17(26)22(16)36-15-3-4-30-19(8-15)24(27,28)29)11-35-20-9-21-32(23(34)31-20)10-18-13-1-2-14(7-13)33(18)21/h3-6,8-9,13-14,18H,1-2,7,10-11H2. The van der Waals surface area contributed by atoms with Gasteiger partial charge in [-0.2, -0.15) is 18.2 Å². The monoisotopic (exact) mass is 506 g/mol. The van der Waals surface area contributed by atoms with Gasteiger partial charge in [-0.15, -0.1) is 0 Å². The minimum Gasteiger partial charge on any atom is -0.473 e. The Hall–Kier alpha value is -3.70. The van der Waals surface area contributed by atoms with Crippen molar-refractivity contribution in [2.45, 2.75) is 50.7 Å². The molecular weight excluding hydrogens is 487 g/mol. The quantitative estimate of drug-likeness (QED) is 0.469. The average molecular weight is 506 g/mol. The van der Waals surface area contributed by atoms with E-state index in [-0.39, 0.29) is 24.1 Å². The molecule has 3 aromatic rings. The lowest BCUT2D eigenvalue weighted by Crippen LogP contribution is -2.37. The van der Waals surface area contributed by atoms with Gasteiger partial charge in [0.05, 0.1) is 6.04 Å². The third-order valence-electron chi connectivity index (χ3n) is 7.03. The Bertz CT molecular complexity index is 1390. The van der Waals surface area contributed by atoms with Crippen molar-refractivity contribution in [2.75, 3.05) is 4.90 Å². The molecule has 36 heavy (non-hydrogen) atoms. The number of nitrogens with zero attached hydrogens (tertiary/aromatic N) is 4. The molecule has 12 heteroatoms. The van der Waals surface area contributed by atoms with E-state index in [0.29, 0.717) is 24.6 Å². The Morgan fingerprint density at radius 2 is 1.86 bits per heavy atom. The second-order valence-electron chi connectivity index (χ2n) is 9.20. The summed E-state index contributed by atoms with van der Waals surface area (Å²) in [5.41, 5.74) is -1.60. The van der Waals surface area contributed by atoms with Gasteiger partial charge in [0.1, 0.15) is 23.9 Å². The highest BCUT2D eigenvalue weighted by Crippen LogP contribution is 2.48. The van der Waals surface area contributed by atoms with Gasteiger partial charge in [-0.25, -0.2) is 13.6 Å². The fourth-order valence-corrected chi connectivity index (χ4v) is 5.50. The Kier molecular flexibility index (Phi) is 5.16. The van der Waals surface area contributed by atoms with Crippen LogP contribution in [0.5, 0.6) is 17.4 Å². The lowest BCUT2D eigenvalue weighted by Gasteiger charge is -2.30. The number of ether oxygens (including phenoxy) is 2. The van der Waals surface area contributed by atoms with Gasteiger partial charge in [0.25, 0.3) is 0 Å². The van der Waals surface area contributed by atoms with Crippen LogP contribution in [0.15, 0.2) is 41.3 Å². The fraction of sp³-hybridized carbons (Fsp3) is 0.375. The molecule has 2 bridgehead atoms. The third kappa shape index (κ3) is 3.84. The van der Waals surface area contributed by atoms with Gasteiger partial charge in [-0.3, -0.25) is 9.55 Å². The fourth-order valence-electron chi connectivity index (χ4n) is 5.50. The van der Waals surface area contributed by atoms with Crippen molar-refractivity contribution in [1.29, 1.82) is 0 Å². The zero-order valence-corrected chi connectivity index (χ0v) is 18.6. The molecule has 1 saturated carbocycles. The number of aromatic nitrogens is 3. The second-order valence-corrected chi connectivity index (χ2v) is 9.20. The van der Waals surface area contributed by atoms with Gasteiger partial charge in [0, 0.05) is 30.9 Å². The molecule has 2 fully saturated rings. The maximum atomic E-state index is 14.6. The predicted octanol–water partition coefficient (Wildman–Crippen LogP) is 4.68. The van der Waals surface area contributed by atoms with Crippen molar-refractivity contribution in [3.05, 3.63) is 69.9 Å². The molecule has 2 aliphatic heterocycles. The normalized spacial score (nSPS) is 22.0. The summed E-state index contributed by atoms with van der Waals surface area (Å²) >= 11 is 0. The molecule has 188 valence electrons. The van der Waals surface area contributed by atoms with Crippen LogP contribution < -0.4 is 20.1 Å². The van der Waals surface area contributed by atoms with Gasteiger partial charge in [0.2, 0.25) is 5.88 Å². The van der Waals surface area contributed by atoms with Gasteiger partial charge in [0.15, 0.2) is 17.4 Å². The number of anilines is 1. The number of hydrogen-bond donors (Lipinski definition) is 0. The van der Waals surface area contributed by atoms with Crippen molar-refractivity contribution >= 4 is 5.82 Å². The molecule has 7 nitrogen and oxygen atoms in total. The minimum atomic E-state index is -4.74. The first-order valence-electron chi connectivity index (χ1n) is 11.4. The van der Waals surface area contributed by atoms with E-state index in [1.807, 2.05) is 0 Å². The van der Waals surface area contributed by atoms with E-state index < -0.39 is 40.7 Å². The smallest absolute Gasteiger partial charge is 0.433 e. The molecule has 4 heterocycles. The summed E-state index contributed by atoms with van der Waals surface area (Å²) in [6, 6.07) is 5.85. The first kappa shape index (κ1) is 22.7. The summed E-state index contributed by atoms with van der Waals surface area (Å²) in [4.78, 5) is 21.9. The first-order valence-corrected chi connectivity index (χ1v) is 11.4. The molecule has 6 rings (SSSR count). The highest BCUT2D eigenvalue weighted by atomic mass is 19.4. The van der Waals surface area contributed by atoms with Crippen LogP contribution in [-0.2, 0) is 19.3 Å². The number of pyridine rings is 1. The number of alkyl halides is 3. The molecule has 1 saturated heterocycles. The van der Waals surface area contributed by atoms with E-state index in [0.717, 1.165) is 49.5 Å². The summed E-state index contributed by atoms with van der Waals surface area (Å²) in [6.45, 7) is 0.315. The lowest BCUT2D eigenvalue weighted by molar-refractivity contribution is -0.141. The third-order valence-corrected chi connectivity index (χ3v) is 7.03. The number of rotatable bonds is 5. The molecule has 1 aromatic carbocycles. The Labute approximate surface area is 201 Å². The number of halogens is 5. The maximum Gasteiger partial charge on any atom is 0.433 e. The van der Waals surface area contributed by atoms with E-state index in [4.69, 9.17) is 9.47 Å². The van der Waals surface area contributed by atoms with Crippen LogP contribution in [-0.4, -0.2) is 26.6 Å². The average Bonchev–Trinajstić information content (AvgIpc) is 3.53. The molecule has 1 aliphatic carbocycles. The van der Waals surface area contributed by atoms with Crippen molar-refractivity contribution in [3.63, 3.8) is 0 Å². The van der Waals surface area contributed by atoms with E-state index in [2.05, 4.69) is 14.9 Å². The van der Waals surface area contributed by atoms with Crippen molar-refractivity contribution in [3.8, 4) is 17.4 Å². The molecule has 3 aliphatic rings. The topological polar surface area (TPSA) is 69.5 Å². The molecule has 0 radical (unpaired) electrons. The van der Waals surface area contributed by atoms with Crippen molar-refractivity contribution in [1.82, 2.24) is 14.5 Å². The number of hydrogen-bond acceptors (Lipinski definition) is 6. The number of benzene rings is 1. The van der Waals surface area contributed by atoms with Gasteiger partial charge < -0.3 is 14.4 Å². The molecule has 0 amide bonds. The van der Waals surface area contributed by atoms with Crippen LogP contribution in [0.1, 0.15) is 30.5 Å². The first-order chi connectivity index (χ1) is 17.2. The summed E-state index contributed by atoms with van der Waals surface area (Å²) in [5.74, 6) is -2.17. The summed E-state index contributed by atoms with van der Waals surface area (Å²) in [5, 5.41) is 0. The van der Waals surface area contributed by atoms with Crippen LogP contribution in [0.25, 0.3) is 0 Å². The zero-order valence-electron chi connectivity index (χ0n) is 18.6. The molecule has 0 spiro atoms. The Morgan fingerprint density at radius 1 is 1.08 bits per heavy atom. The van der Waals surface area contributed by atoms with Gasteiger partial charge in [-0.05, 0) is 48.9 Å². The predicted molar refractivity (Wildman–Crippen MR) is 116 cm³/mol. The van der Waals surface area contributed by atoms with E-state index >= 15 is 0 Å². The lowest BCUT2D eigenvalue weighted by atomic mass is 10.00. The summed E-state index contributed by atoms with van der Waals surface area (Å²) in [7, 11) is 0. The van der Waals surface area contributed by atoms with Gasteiger partial charge in [-0.1, -0.05) is 0 Å². The highest BCUT2D eigenvalue weighted by Gasteiger charge is 2.50. The number of fused-ring (bicyclic) bond motifs is 7. The SMILES string of the molecule is O=c1nc(OCc2cc(F)c(Oc3ccnc(C(F)(F)F)c3)c(F)c2)cc2n1CC1C3CCC(C3)N21. The van der Waals surface area contributed by atoms with E-state index in [9.17, 15) is 26.7 Å². The second kappa shape index (κ2) is 8.17. The molecule has 2 aromatic heterocycles. The zero-order chi connectivity index (χ0) is 25.2. The number of piperidine rings is 1. The van der Waals surface area contributed by atoms with Crippen molar-refractivity contribution < 1.29 is 31.4 Å². The van der Waals surface area contributed by atoms with E-state index in [1.54, 1.807) is 10.6 Å². The van der Waals surface area contributed by atoms with Crippen LogP contribution in [0.2, 0.25) is 0 Å². The van der Waals surface area contributed by atoms with Crippen LogP contribution in [0.4, 0.5) is 27.8 Å². The van der Waals surface area contributed by atoms with Crippen LogP contribution in [0.3, 0.4) is 0 Å². The molecular formula is C24H19F5N4O3. The summed E-state index contributed by atoms with van der Waals surface area (Å²) in [6.07, 6.45) is -0.551. The minimum absolute atomic E-state index is 0.0484. The van der Waals surface area contributed by atoms with Crippen molar-refractivity contribution in [2.24, 2.45) is 5.92 Å². The maximum absolute atomic E-state index is 14.6. The van der Waals surface area contributed by atoms with Gasteiger partial charge >= 0.3 is 11.9 Å². The highest BCUT2D eigenvalue weighted by molar-refractivity contribution is 5.51. The van der Waals surface area contributed by atoms with E-state index in [1.165, 1.54) is 0 Å². The molecule has 3 unspecified atom stereocenters. The Balaban J connectivity index is 1.19. The summed E-state index contributed by atoms with van der Waals surface area (Å²) < 4.78 is 80.0. The molecule has 3 atom stereocenters. The Morgan fingerprint density at radius 3 is 2.61 bits per heavy atom.